The number of aliphatic hydroxyl groups is 1. The lowest BCUT2D eigenvalue weighted by atomic mass is 10.0. The lowest BCUT2D eigenvalue weighted by Crippen LogP contribution is -2.52. The number of H-pyrrole nitrogens is 1. The van der Waals surface area contributed by atoms with Crippen LogP contribution in [0.1, 0.15) is 22.7 Å². The maximum atomic E-state index is 12.8. The Morgan fingerprint density at radius 1 is 1.27 bits per heavy atom. The largest absolute Gasteiger partial charge is 0.461 e. The number of β-amino-alcohol motifs (C(OH)–C–C–N with tert-alkyl or cyclic N) is 1. The number of nitrogens with zero attached hydrogens (tertiary/aromatic N) is 3. The van der Waals surface area contributed by atoms with Gasteiger partial charge in [0.2, 0.25) is 11.7 Å². The van der Waals surface area contributed by atoms with Crippen LogP contribution in [0.25, 0.3) is 22.5 Å². The number of nitrogens with one attached hydrogen (secondary N) is 2. The minimum absolute atomic E-state index is 0.167. The molecule has 4 aromatic rings. The van der Waals surface area contributed by atoms with Gasteiger partial charge in [-0.05, 0) is 30.7 Å². The van der Waals surface area contributed by atoms with E-state index in [9.17, 15) is 9.90 Å². The van der Waals surface area contributed by atoms with E-state index in [1.54, 1.807) is 24.5 Å². The van der Waals surface area contributed by atoms with Crippen LogP contribution in [0.2, 0.25) is 0 Å². The summed E-state index contributed by atoms with van der Waals surface area (Å²) >= 11 is 0. The summed E-state index contributed by atoms with van der Waals surface area (Å²) < 4.78 is 10.6. The first kappa shape index (κ1) is 18.6. The van der Waals surface area contributed by atoms with Crippen molar-refractivity contribution < 1.29 is 18.8 Å². The molecule has 0 unspecified atom stereocenters. The molecule has 0 bridgehead atoms. The normalized spacial score (nSPS) is 19.9. The molecular formula is C21H21N5O4. The van der Waals surface area contributed by atoms with Gasteiger partial charge in [-0.3, -0.25) is 9.69 Å². The number of amides is 1. The van der Waals surface area contributed by atoms with E-state index in [1.807, 2.05) is 29.3 Å². The highest BCUT2D eigenvalue weighted by atomic mass is 16.5. The number of aliphatic hydroxyl groups excluding tert-OH is 1. The highest BCUT2D eigenvalue weighted by molar-refractivity contribution is 6.05. The number of rotatable bonds is 5. The number of aromatic amines is 1. The van der Waals surface area contributed by atoms with E-state index in [1.165, 1.54) is 0 Å². The van der Waals surface area contributed by atoms with E-state index >= 15 is 0 Å². The van der Waals surface area contributed by atoms with Gasteiger partial charge in [-0.15, -0.1) is 0 Å². The van der Waals surface area contributed by atoms with Crippen LogP contribution in [0.5, 0.6) is 0 Å². The monoisotopic (exact) mass is 407 g/mol. The smallest absolute Gasteiger partial charge is 0.253 e. The molecule has 0 spiro atoms. The van der Waals surface area contributed by atoms with Crippen LogP contribution in [-0.2, 0) is 6.54 Å². The fourth-order valence-electron chi connectivity index (χ4n) is 3.95. The van der Waals surface area contributed by atoms with E-state index in [2.05, 4.69) is 20.4 Å². The Morgan fingerprint density at radius 2 is 2.20 bits per heavy atom. The van der Waals surface area contributed by atoms with Gasteiger partial charge in [-0.1, -0.05) is 17.3 Å². The van der Waals surface area contributed by atoms with E-state index in [4.69, 9.17) is 8.94 Å². The van der Waals surface area contributed by atoms with E-state index < -0.39 is 6.10 Å². The average molecular weight is 407 g/mol. The number of hydrogen-bond acceptors (Lipinski definition) is 7. The molecule has 1 aliphatic heterocycles. The van der Waals surface area contributed by atoms with Gasteiger partial charge in [-0.25, -0.2) is 0 Å². The minimum Gasteiger partial charge on any atom is -0.461 e. The van der Waals surface area contributed by atoms with Crippen LogP contribution in [0.4, 0.5) is 0 Å². The number of furan rings is 1. The first-order chi connectivity index (χ1) is 14.7. The van der Waals surface area contributed by atoms with Crippen molar-refractivity contribution in [1.29, 1.82) is 0 Å². The van der Waals surface area contributed by atoms with Gasteiger partial charge in [-0.2, -0.15) is 4.98 Å². The van der Waals surface area contributed by atoms with Crippen molar-refractivity contribution in [2.45, 2.75) is 25.1 Å². The number of fused-ring (bicyclic) bond motifs is 1. The van der Waals surface area contributed by atoms with Gasteiger partial charge >= 0.3 is 0 Å². The minimum atomic E-state index is -0.558. The first-order valence-corrected chi connectivity index (χ1v) is 9.79. The molecule has 4 heterocycles. The standard InChI is InChI=1S/C21H21N5O4/c27-15-9-14(23-21(28)16-4-1-3-13-6-7-22-19(13)16)10-26(11-15)12-18-24-20(25-30-18)17-5-2-8-29-17/h1-8,14-15,22,27H,9-12H2,(H,23,28)/t14-,15+/m0/s1. The van der Waals surface area contributed by atoms with Crippen molar-refractivity contribution >= 4 is 16.8 Å². The third-order valence-electron chi connectivity index (χ3n) is 5.24. The summed E-state index contributed by atoms with van der Waals surface area (Å²) in [6, 6.07) is 10.9. The molecule has 0 radical (unpaired) electrons. The molecular weight excluding hydrogens is 386 g/mol. The van der Waals surface area contributed by atoms with E-state index in [-0.39, 0.29) is 11.9 Å². The predicted octanol–water partition coefficient (Wildman–Crippen LogP) is 2.18. The third-order valence-corrected chi connectivity index (χ3v) is 5.24. The first-order valence-electron chi connectivity index (χ1n) is 9.79. The number of carbonyl (C=O) groups is 1. The quantitative estimate of drug-likeness (QED) is 0.464. The van der Waals surface area contributed by atoms with Crippen molar-refractivity contribution in [3.63, 3.8) is 0 Å². The summed E-state index contributed by atoms with van der Waals surface area (Å²) in [5.41, 5.74) is 1.39. The van der Waals surface area contributed by atoms with Crippen LogP contribution in [0.3, 0.4) is 0 Å². The zero-order valence-corrected chi connectivity index (χ0v) is 16.1. The number of hydrogen-bond donors (Lipinski definition) is 3. The zero-order chi connectivity index (χ0) is 20.5. The van der Waals surface area contributed by atoms with Crippen molar-refractivity contribution in [2.75, 3.05) is 13.1 Å². The number of piperidine rings is 1. The zero-order valence-electron chi connectivity index (χ0n) is 16.1. The molecule has 154 valence electrons. The summed E-state index contributed by atoms with van der Waals surface area (Å²) in [6.07, 6.45) is 3.30. The molecule has 0 saturated carbocycles. The summed E-state index contributed by atoms with van der Waals surface area (Å²) in [4.78, 5) is 22.3. The van der Waals surface area contributed by atoms with Gasteiger partial charge in [0.05, 0.1) is 30.0 Å². The van der Waals surface area contributed by atoms with Gasteiger partial charge in [0, 0.05) is 30.7 Å². The number of carbonyl (C=O) groups excluding carboxylic acids is 1. The summed E-state index contributed by atoms with van der Waals surface area (Å²) in [6.45, 7) is 1.42. The van der Waals surface area contributed by atoms with Crippen molar-refractivity contribution in [3.05, 3.63) is 60.3 Å². The molecule has 1 aromatic carbocycles. The molecule has 1 amide bonds. The molecule has 30 heavy (non-hydrogen) atoms. The molecule has 2 atom stereocenters. The fourth-order valence-corrected chi connectivity index (χ4v) is 3.95. The number of para-hydroxylation sites is 1. The Bertz CT molecular complexity index is 1150. The van der Waals surface area contributed by atoms with E-state index in [0.717, 1.165) is 10.9 Å². The predicted molar refractivity (Wildman–Crippen MR) is 107 cm³/mol. The lowest BCUT2D eigenvalue weighted by Gasteiger charge is -2.35. The molecule has 1 aliphatic rings. The maximum absolute atomic E-state index is 12.8. The second-order valence-electron chi connectivity index (χ2n) is 7.49. The fraction of sp³-hybridized carbons (Fsp3) is 0.286. The van der Waals surface area contributed by atoms with Gasteiger partial charge in [0.1, 0.15) is 0 Å². The molecule has 3 N–H and O–H groups in total. The summed E-state index contributed by atoms with van der Waals surface area (Å²) in [7, 11) is 0. The van der Waals surface area contributed by atoms with Crippen LogP contribution in [-0.4, -0.2) is 56.3 Å². The Kier molecular flexibility index (Phi) is 4.82. The number of aromatic nitrogens is 3. The van der Waals surface area contributed by atoms with Crippen LogP contribution in [0, 0.1) is 0 Å². The van der Waals surface area contributed by atoms with Crippen LogP contribution in [0.15, 0.2) is 57.8 Å². The molecule has 1 saturated heterocycles. The van der Waals surface area contributed by atoms with Gasteiger partial charge in [0.15, 0.2) is 5.76 Å². The SMILES string of the molecule is O=C(N[C@H]1C[C@@H](O)CN(Cc2nc(-c3ccco3)no2)C1)c1cccc2cc[nH]c12. The Morgan fingerprint density at radius 3 is 3.07 bits per heavy atom. The lowest BCUT2D eigenvalue weighted by molar-refractivity contribution is 0.0416. The molecule has 9 heteroatoms. The maximum Gasteiger partial charge on any atom is 0.253 e. The highest BCUT2D eigenvalue weighted by Gasteiger charge is 2.29. The number of likely N-dealkylation sites (tertiary alicyclic amines) is 1. The summed E-state index contributed by atoms with van der Waals surface area (Å²) in [5.74, 6) is 1.18. The molecule has 0 aliphatic carbocycles. The molecule has 9 nitrogen and oxygen atoms in total. The molecule has 1 fully saturated rings. The average Bonchev–Trinajstić information content (AvgIpc) is 3.48. The van der Waals surface area contributed by atoms with E-state index in [0.29, 0.717) is 49.1 Å². The Balaban J connectivity index is 1.26. The van der Waals surface area contributed by atoms with Crippen LogP contribution < -0.4 is 5.32 Å². The molecule has 3 aromatic heterocycles. The second-order valence-corrected chi connectivity index (χ2v) is 7.49. The number of benzene rings is 1. The van der Waals surface area contributed by atoms with Crippen LogP contribution >= 0.6 is 0 Å². The Hall–Kier alpha value is -3.43. The van der Waals surface area contributed by atoms with Crippen molar-refractivity contribution in [3.8, 4) is 11.6 Å². The Labute approximate surface area is 171 Å². The van der Waals surface area contributed by atoms with Gasteiger partial charge in [0.25, 0.3) is 5.91 Å². The second kappa shape index (κ2) is 7.77. The third kappa shape index (κ3) is 3.72. The summed E-state index contributed by atoms with van der Waals surface area (Å²) in [5, 5.41) is 18.3. The van der Waals surface area contributed by atoms with Crippen molar-refractivity contribution in [2.24, 2.45) is 0 Å². The van der Waals surface area contributed by atoms with Gasteiger partial charge < -0.3 is 24.3 Å². The van der Waals surface area contributed by atoms with Crippen molar-refractivity contribution in [1.82, 2.24) is 25.3 Å². The topological polar surface area (TPSA) is 120 Å². The highest BCUT2D eigenvalue weighted by Crippen LogP contribution is 2.20. The molecule has 5 rings (SSSR count).